The van der Waals surface area contributed by atoms with Gasteiger partial charge in [-0.05, 0) is 30.0 Å². The Labute approximate surface area is 132 Å². The molecular formula is C14H16FN3O2S2. The maximum atomic E-state index is 12.9. The standard InChI is InChI=1S/C14H16FN3O2S2/c15-12-3-1-10(2-4-12)7-13-17-18-14(21-13)16-8-11-5-6-22(19,20)9-11/h1-4,11H,5-9H2,(H,16,18). The van der Waals surface area contributed by atoms with Gasteiger partial charge in [-0.2, -0.15) is 0 Å². The zero-order valence-electron chi connectivity index (χ0n) is 11.8. The number of nitrogens with zero attached hydrogens (tertiary/aromatic N) is 2. The van der Waals surface area contributed by atoms with Gasteiger partial charge in [0.25, 0.3) is 0 Å². The Hall–Kier alpha value is -1.54. The molecule has 0 aliphatic carbocycles. The molecule has 118 valence electrons. The van der Waals surface area contributed by atoms with E-state index in [2.05, 4.69) is 15.5 Å². The van der Waals surface area contributed by atoms with E-state index in [0.717, 1.165) is 10.6 Å². The van der Waals surface area contributed by atoms with Gasteiger partial charge in [-0.3, -0.25) is 0 Å². The lowest BCUT2D eigenvalue weighted by Gasteiger charge is -2.07. The molecule has 1 atom stereocenters. The third-order valence-electron chi connectivity index (χ3n) is 3.60. The smallest absolute Gasteiger partial charge is 0.205 e. The first-order valence-electron chi connectivity index (χ1n) is 7.01. The largest absolute Gasteiger partial charge is 0.360 e. The Morgan fingerprint density at radius 1 is 1.27 bits per heavy atom. The van der Waals surface area contributed by atoms with Crippen LogP contribution in [0.1, 0.15) is 17.0 Å². The van der Waals surface area contributed by atoms with Gasteiger partial charge in [0, 0.05) is 13.0 Å². The summed E-state index contributed by atoms with van der Waals surface area (Å²) in [5, 5.41) is 12.9. The lowest BCUT2D eigenvalue weighted by Crippen LogP contribution is -2.15. The van der Waals surface area contributed by atoms with Crippen molar-refractivity contribution in [3.8, 4) is 0 Å². The third kappa shape index (κ3) is 4.01. The molecule has 1 aliphatic rings. The normalized spacial score (nSPS) is 20.1. The Kier molecular flexibility index (Phi) is 4.39. The fraction of sp³-hybridized carbons (Fsp3) is 0.429. The highest BCUT2D eigenvalue weighted by molar-refractivity contribution is 7.91. The van der Waals surface area contributed by atoms with Gasteiger partial charge in [-0.1, -0.05) is 23.5 Å². The second kappa shape index (κ2) is 6.29. The van der Waals surface area contributed by atoms with Crippen LogP contribution in [0.2, 0.25) is 0 Å². The van der Waals surface area contributed by atoms with E-state index in [1.165, 1.54) is 23.5 Å². The summed E-state index contributed by atoms with van der Waals surface area (Å²) in [7, 11) is -2.84. The maximum absolute atomic E-state index is 12.9. The average molecular weight is 341 g/mol. The monoisotopic (exact) mass is 341 g/mol. The van der Waals surface area contributed by atoms with Crippen molar-refractivity contribution in [2.24, 2.45) is 5.92 Å². The van der Waals surface area contributed by atoms with Crippen LogP contribution in [-0.2, 0) is 16.3 Å². The molecule has 5 nitrogen and oxygen atoms in total. The molecule has 3 rings (SSSR count). The van der Waals surface area contributed by atoms with Crippen LogP contribution in [0.3, 0.4) is 0 Å². The summed E-state index contributed by atoms with van der Waals surface area (Å²) in [4.78, 5) is 0. The van der Waals surface area contributed by atoms with Crippen molar-refractivity contribution in [1.82, 2.24) is 10.2 Å². The van der Waals surface area contributed by atoms with Crippen molar-refractivity contribution in [2.45, 2.75) is 12.8 Å². The van der Waals surface area contributed by atoms with Crippen LogP contribution in [0, 0.1) is 11.7 Å². The van der Waals surface area contributed by atoms with Gasteiger partial charge < -0.3 is 5.32 Å². The van der Waals surface area contributed by atoms with Crippen molar-refractivity contribution >= 4 is 26.3 Å². The molecule has 1 aliphatic heterocycles. The summed E-state index contributed by atoms with van der Waals surface area (Å²) in [6.45, 7) is 0.602. The Bertz CT molecular complexity index is 744. The summed E-state index contributed by atoms with van der Waals surface area (Å²) in [5.41, 5.74) is 0.978. The molecule has 0 radical (unpaired) electrons. The van der Waals surface area contributed by atoms with E-state index < -0.39 is 9.84 Å². The van der Waals surface area contributed by atoms with E-state index in [1.807, 2.05) is 0 Å². The highest BCUT2D eigenvalue weighted by Crippen LogP contribution is 2.22. The van der Waals surface area contributed by atoms with Gasteiger partial charge in [-0.25, -0.2) is 12.8 Å². The fourth-order valence-corrected chi connectivity index (χ4v) is 5.08. The molecule has 1 fully saturated rings. The van der Waals surface area contributed by atoms with Gasteiger partial charge in [-0.15, -0.1) is 10.2 Å². The average Bonchev–Trinajstić information content (AvgIpc) is 3.05. The van der Waals surface area contributed by atoms with E-state index in [-0.39, 0.29) is 23.2 Å². The molecule has 0 saturated carbocycles. The molecule has 1 aromatic carbocycles. The first kappa shape index (κ1) is 15.4. The molecule has 1 unspecified atom stereocenters. The minimum absolute atomic E-state index is 0.148. The molecule has 0 bridgehead atoms. The predicted molar refractivity (Wildman–Crippen MR) is 84.4 cm³/mol. The summed E-state index contributed by atoms with van der Waals surface area (Å²) >= 11 is 1.44. The van der Waals surface area contributed by atoms with E-state index >= 15 is 0 Å². The topological polar surface area (TPSA) is 72.0 Å². The Morgan fingerprint density at radius 2 is 2.05 bits per heavy atom. The SMILES string of the molecule is O=S1(=O)CCC(CNc2nnc(Cc3ccc(F)cc3)s2)C1. The first-order valence-corrected chi connectivity index (χ1v) is 9.65. The number of sulfone groups is 1. The van der Waals surface area contributed by atoms with Gasteiger partial charge in [0.2, 0.25) is 5.13 Å². The fourth-order valence-electron chi connectivity index (χ4n) is 2.44. The molecule has 1 aromatic heterocycles. The summed E-state index contributed by atoms with van der Waals surface area (Å²) in [6, 6.07) is 6.31. The number of nitrogens with one attached hydrogen (secondary N) is 1. The third-order valence-corrected chi connectivity index (χ3v) is 6.32. The van der Waals surface area contributed by atoms with Crippen LogP contribution >= 0.6 is 11.3 Å². The quantitative estimate of drug-likeness (QED) is 0.902. The molecule has 1 saturated heterocycles. The van der Waals surface area contributed by atoms with Crippen molar-refractivity contribution in [3.63, 3.8) is 0 Å². The van der Waals surface area contributed by atoms with Crippen LogP contribution < -0.4 is 5.32 Å². The molecule has 1 N–H and O–H groups in total. The molecule has 8 heteroatoms. The minimum atomic E-state index is -2.84. The summed E-state index contributed by atoms with van der Waals surface area (Å²) < 4.78 is 35.7. The van der Waals surface area contributed by atoms with Crippen molar-refractivity contribution in [2.75, 3.05) is 23.4 Å². The van der Waals surface area contributed by atoms with E-state index in [4.69, 9.17) is 0 Å². The van der Waals surface area contributed by atoms with Gasteiger partial charge in [0.1, 0.15) is 10.8 Å². The van der Waals surface area contributed by atoms with Gasteiger partial charge in [0.15, 0.2) is 9.84 Å². The van der Waals surface area contributed by atoms with Gasteiger partial charge >= 0.3 is 0 Å². The molecule has 2 aromatic rings. The number of aromatic nitrogens is 2. The second-order valence-electron chi connectivity index (χ2n) is 5.45. The highest BCUT2D eigenvalue weighted by atomic mass is 32.2. The number of halogens is 1. The molecule has 0 amide bonds. The van der Waals surface area contributed by atoms with Crippen LogP contribution in [0.15, 0.2) is 24.3 Å². The van der Waals surface area contributed by atoms with E-state index in [1.54, 1.807) is 12.1 Å². The van der Waals surface area contributed by atoms with Crippen molar-refractivity contribution < 1.29 is 12.8 Å². The van der Waals surface area contributed by atoms with Crippen LogP contribution in [0.5, 0.6) is 0 Å². The highest BCUT2D eigenvalue weighted by Gasteiger charge is 2.27. The predicted octanol–water partition coefficient (Wildman–Crippen LogP) is 2.11. The van der Waals surface area contributed by atoms with Crippen molar-refractivity contribution in [3.05, 3.63) is 40.7 Å². The maximum Gasteiger partial charge on any atom is 0.205 e. The Morgan fingerprint density at radius 3 is 2.73 bits per heavy atom. The number of rotatable bonds is 5. The zero-order chi connectivity index (χ0) is 15.6. The molecule has 2 heterocycles. The molecule has 22 heavy (non-hydrogen) atoms. The van der Waals surface area contributed by atoms with Crippen LogP contribution in [-0.4, -0.2) is 36.7 Å². The Balaban J connectivity index is 1.54. The van der Waals surface area contributed by atoms with E-state index in [9.17, 15) is 12.8 Å². The minimum Gasteiger partial charge on any atom is -0.360 e. The molecular weight excluding hydrogens is 325 g/mol. The lowest BCUT2D eigenvalue weighted by atomic mass is 10.1. The number of hydrogen-bond donors (Lipinski definition) is 1. The first-order chi connectivity index (χ1) is 10.5. The summed E-state index contributed by atoms with van der Waals surface area (Å²) in [6.07, 6.45) is 1.31. The lowest BCUT2D eigenvalue weighted by molar-refractivity contribution is 0.596. The van der Waals surface area contributed by atoms with E-state index in [0.29, 0.717) is 24.5 Å². The number of anilines is 1. The van der Waals surface area contributed by atoms with Crippen molar-refractivity contribution in [1.29, 1.82) is 0 Å². The number of hydrogen-bond acceptors (Lipinski definition) is 6. The van der Waals surface area contributed by atoms with Crippen LogP contribution in [0.4, 0.5) is 9.52 Å². The zero-order valence-corrected chi connectivity index (χ0v) is 13.5. The second-order valence-corrected chi connectivity index (χ2v) is 8.74. The van der Waals surface area contributed by atoms with Gasteiger partial charge in [0.05, 0.1) is 11.5 Å². The summed E-state index contributed by atoms with van der Waals surface area (Å²) in [5.74, 6) is 0.427. The van der Waals surface area contributed by atoms with Crippen LogP contribution in [0.25, 0.3) is 0 Å². The molecule has 0 spiro atoms. The number of benzene rings is 1.